The van der Waals surface area contributed by atoms with Gasteiger partial charge in [0.1, 0.15) is 5.75 Å². The maximum atomic E-state index is 11.7. The molecule has 0 fully saturated rings. The molecule has 0 atom stereocenters. The predicted molar refractivity (Wildman–Crippen MR) is 77.1 cm³/mol. The second kappa shape index (κ2) is 6.34. The summed E-state index contributed by atoms with van der Waals surface area (Å²) in [7, 11) is 0. The normalized spacial score (nSPS) is 10.2. The summed E-state index contributed by atoms with van der Waals surface area (Å²) in [5.74, 6) is 0.544. The average Bonchev–Trinajstić information content (AvgIpc) is 2.37. The van der Waals surface area contributed by atoms with Crippen molar-refractivity contribution in [1.82, 2.24) is 9.97 Å². The monoisotopic (exact) mass is 291 g/mol. The Hall–Kier alpha value is -2.14. The summed E-state index contributed by atoms with van der Waals surface area (Å²) >= 11 is 5.76. The van der Waals surface area contributed by atoms with Gasteiger partial charge < -0.3 is 4.74 Å². The van der Waals surface area contributed by atoms with Gasteiger partial charge in [0.05, 0.1) is 0 Å². The van der Waals surface area contributed by atoms with Crippen LogP contribution in [0.15, 0.2) is 30.3 Å². The van der Waals surface area contributed by atoms with E-state index in [0.29, 0.717) is 10.8 Å². The Morgan fingerprint density at radius 1 is 1.20 bits per heavy atom. The molecule has 0 aliphatic heterocycles. The first kappa shape index (κ1) is 14.3. The van der Waals surface area contributed by atoms with Gasteiger partial charge in [-0.2, -0.15) is 0 Å². The molecule has 0 radical (unpaired) electrons. The van der Waals surface area contributed by atoms with E-state index in [1.807, 2.05) is 19.9 Å². The average molecular weight is 292 g/mol. The minimum atomic E-state index is -0.315. The molecule has 1 amide bonds. The Kier molecular flexibility index (Phi) is 4.53. The van der Waals surface area contributed by atoms with E-state index in [4.69, 9.17) is 16.3 Å². The minimum absolute atomic E-state index is 0.113. The SMILES string of the molecule is Cc1cc(C)nc(NC(=O)COc2ccc(Cl)cc2)n1. The molecule has 20 heavy (non-hydrogen) atoms. The third-order valence-corrected chi connectivity index (χ3v) is 2.67. The molecule has 5 nitrogen and oxygen atoms in total. The number of hydrogen-bond acceptors (Lipinski definition) is 4. The van der Waals surface area contributed by atoms with E-state index in [9.17, 15) is 4.79 Å². The Morgan fingerprint density at radius 3 is 2.40 bits per heavy atom. The van der Waals surface area contributed by atoms with Crippen LogP contribution in [0.2, 0.25) is 5.02 Å². The van der Waals surface area contributed by atoms with E-state index < -0.39 is 0 Å². The number of ether oxygens (including phenoxy) is 1. The summed E-state index contributed by atoms with van der Waals surface area (Å²) in [5, 5.41) is 3.21. The van der Waals surface area contributed by atoms with Crippen LogP contribution in [0, 0.1) is 13.8 Å². The highest BCUT2D eigenvalue weighted by molar-refractivity contribution is 6.30. The van der Waals surface area contributed by atoms with E-state index >= 15 is 0 Å². The van der Waals surface area contributed by atoms with E-state index in [1.165, 1.54) is 0 Å². The van der Waals surface area contributed by atoms with E-state index in [0.717, 1.165) is 11.4 Å². The van der Waals surface area contributed by atoms with Crippen molar-refractivity contribution in [3.8, 4) is 5.75 Å². The van der Waals surface area contributed by atoms with Gasteiger partial charge in [0, 0.05) is 16.4 Å². The second-order valence-electron chi connectivity index (χ2n) is 4.27. The van der Waals surface area contributed by atoms with Crippen molar-refractivity contribution in [2.75, 3.05) is 11.9 Å². The molecule has 1 heterocycles. The molecular formula is C14H14ClN3O2. The lowest BCUT2D eigenvalue weighted by molar-refractivity contribution is -0.118. The number of nitrogens with zero attached hydrogens (tertiary/aromatic N) is 2. The zero-order valence-corrected chi connectivity index (χ0v) is 11.9. The van der Waals surface area contributed by atoms with Crippen LogP contribution in [-0.2, 0) is 4.79 Å². The standard InChI is InChI=1S/C14H14ClN3O2/c1-9-7-10(2)17-14(16-9)18-13(19)8-20-12-5-3-11(15)4-6-12/h3-7H,8H2,1-2H3,(H,16,17,18,19). The topological polar surface area (TPSA) is 64.1 Å². The Labute approximate surface area is 122 Å². The highest BCUT2D eigenvalue weighted by Crippen LogP contribution is 2.15. The van der Waals surface area contributed by atoms with Gasteiger partial charge in [0.25, 0.3) is 5.91 Å². The van der Waals surface area contributed by atoms with Gasteiger partial charge in [-0.15, -0.1) is 0 Å². The van der Waals surface area contributed by atoms with Crippen LogP contribution in [-0.4, -0.2) is 22.5 Å². The lowest BCUT2D eigenvalue weighted by Gasteiger charge is -2.07. The van der Waals surface area contributed by atoms with Crippen molar-refractivity contribution in [2.45, 2.75) is 13.8 Å². The van der Waals surface area contributed by atoms with Gasteiger partial charge >= 0.3 is 0 Å². The fourth-order valence-electron chi connectivity index (χ4n) is 1.62. The second-order valence-corrected chi connectivity index (χ2v) is 4.70. The molecule has 2 aromatic rings. The number of nitrogens with one attached hydrogen (secondary N) is 1. The van der Waals surface area contributed by atoms with Gasteiger partial charge in [-0.1, -0.05) is 11.6 Å². The molecule has 0 bridgehead atoms. The molecule has 2 rings (SSSR count). The Bertz CT molecular complexity index is 594. The molecular weight excluding hydrogens is 278 g/mol. The van der Waals surface area contributed by atoms with Crippen LogP contribution in [0.4, 0.5) is 5.95 Å². The fourth-order valence-corrected chi connectivity index (χ4v) is 1.75. The number of anilines is 1. The van der Waals surface area contributed by atoms with Gasteiger partial charge in [-0.25, -0.2) is 9.97 Å². The number of hydrogen-bond donors (Lipinski definition) is 1. The molecule has 0 unspecified atom stereocenters. The highest BCUT2D eigenvalue weighted by Gasteiger charge is 2.06. The number of aromatic nitrogens is 2. The number of aryl methyl sites for hydroxylation is 2. The maximum Gasteiger partial charge on any atom is 0.264 e. The van der Waals surface area contributed by atoms with Gasteiger partial charge in [0.2, 0.25) is 5.95 Å². The number of carbonyl (C=O) groups is 1. The largest absolute Gasteiger partial charge is 0.484 e. The van der Waals surface area contributed by atoms with Crippen LogP contribution >= 0.6 is 11.6 Å². The van der Waals surface area contributed by atoms with Gasteiger partial charge in [-0.3, -0.25) is 10.1 Å². The third-order valence-electron chi connectivity index (χ3n) is 2.42. The molecule has 1 aromatic carbocycles. The molecule has 1 N–H and O–H groups in total. The van der Waals surface area contributed by atoms with E-state index in [-0.39, 0.29) is 18.5 Å². The molecule has 104 valence electrons. The van der Waals surface area contributed by atoms with Crippen molar-refractivity contribution >= 4 is 23.5 Å². The van der Waals surface area contributed by atoms with Crippen LogP contribution in [0.3, 0.4) is 0 Å². The van der Waals surface area contributed by atoms with Crippen molar-refractivity contribution in [3.05, 3.63) is 46.7 Å². The Morgan fingerprint density at radius 2 is 1.80 bits per heavy atom. The lowest BCUT2D eigenvalue weighted by Crippen LogP contribution is -2.21. The summed E-state index contributed by atoms with van der Waals surface area (Å²) in [6, 6.07) is 8.62. The Balaban J connectivity index is 1.90. The van der Waals surface area contributed by atoms with Crippen molar-refractivity contribution in [2.24, 2.45) is 0 Å². The molecule has 0 spiro atoms. The van der Waals surface area contributed by atoms with Crippen LogP contribution in [0.25, 0.3) is 0 Å². The summed E-state index contributed by atoms with van der Waals surface area (Å²) in [6.45, 7) is 3.57. The smallest absolute Gasteiger partial charge is 0.264 e. The molecule has 1 aromatic heterocycles. The van der Waals surface area contributed by atoms with Crippen molar-refractivity contribution in [1.29, 1.82) is 0 Å². The first-order valence-corrected chi connectivity index (χ1v) is 6.41. The van der Waals surface area contributed by atoms with Gasteiger partial charge in [-0.05, 0) is 44.2 Å². The fraction of sp³-hybridized carbons (Fsp3) is 0.214. The third kappa shape index (κ3) is 4.20. The lowest BCUT2D eigenvalue weighted by atomic mass is 10.3. The van der Waals surface area contributed by atoms with E-state index in [1.54, 1.807) is 24.3 Å². The van der Waals surface area contributed by atoms with Crippen LogP contribution in [0.5, 0.6) is 5.75 Å². The maximum absolute atomic E-state index is 11.7. The number of rotatable bonds is 4. The molecule has 0 saturated heterocycles. The number of benzene rings is 1. The van der Waals surface area contributed by atoms with Crippen molar-refractivity contribution in [3.63, 3.8) is 0 Å². The molecule has 0 aliphatic carbocycles. The zero-order chi connectivity index (χ0) is 14.5. The van der Waals surface area contributed by atoms with Gasteiger partial charge in [0.15, 0.2) is 6.61 Å². The molecule has 0 aliphatic rings. The first-order chi connectivity index (χ1) is 9.52. The van der Waals surface area contributed by atoms with Crippen molar-refractivity contribution < 1.29 is 9.53 Å². The molecule has 6 heteroatoms. The number of amides is 1. The van der Waals surface area contributed by atoms with E-state index in [2.05, 4.69) is 15.3 Å². The number of halogens is 1. The first-order valence-electron chi connectivity index (χ1n) is 6.03. The quantitative estimate of drug-likeness (QED) is 0.941. The summed E-state index contributed by atoms with van der Waals surface area (Å²) in [6.07, 6.45) is 0. The number of carbonyl (C=O) groups excluding carboxylic acids is 1. The minimum Gasteiger partial charge on any atom is -0.484 e. The predicted octanol–water partition coefficient (Wildman–Crippen LogP) is 2.76. The summed E-state index contributed by atoms with van der Waals surface area (Å²) in [4.78, 5) is 20.0. The summed E-state index contributed by atoms with van der Waals surface area (Å²) < 4.78 is 5.33. The molecule has 0 saturated carbocycles. The van der Waals surface area contributed by atoms with Crippen LogP contribution < -0.4 is 10.1 Å². The van der Waals surface area contributed by atoms with Crippen LogP contribution in [0.1, 0.15) is 11.4 Å². The zero-order valence-electron chi connectivity index (χ0n) is 11.2. The highest BCUT2D eigenvalue weighted by atomic mass is 35.5. The summed E-state index contributed by atoms with van der Waals surface area (Å²) in [5.41, 5.74) is 1.60.